The van der Waals surface area contributed by atoms with Gasteiger partial charge in [-0.05, 0) is 32.1 Å². The minimum absolute atomic E-state index is 0.243. The largest absolute Gasteiger partial charge is 0.384 e. The molecule has 2 atom stereocenters. The highest BCUT2D eigenvalue weighted by atomic mass is 35.5. The second-order valence-electron chi connectivity index (χ2n) is 4.19. The average Bonchev–Trinajstić information content (AvgIpc) is 2.52. The Morgan fingerprint density at radius 3 is 2.79 bits per heavy atom. The third-order valence-corrected chi connectivity index (χ3v) is 3.53. The Hall–Kier alpha value is -0.500. The lowest BCUT2D eigenvalue weighted by Gasteiger charge is -2.21. The van der Waals surface area contributed by atoms with E-state index in [2.05, 4.69) is 5.32 Å². The van der Waals surface area contributed by atoms with Gasteiger partial charge in [0.05, 0.1) is 5.38 Å². The van der Waals surface area contributed by atoms with Gasteiger partial charge in [0, 0.05) is 24.2 Å². The second kappa shape index (κ2) is 4.35. The minimum Gasteiger partial charge on any atom is -0.384 e. The Kier molecular flexibility index (Phi) is 3.12. The van der Waals surface area contributed by atoms with Gasteiger partial charge in [-0.1, -0.05) is 0 Å². The molecule has 0 aromatic heterocycles. The summed E-state index contributed by atoms with van der Waals surface area (Å²) < 4.78 is 0. The number of hydrogen-bond donors (Lipinski definition) is 1. The predicted molar refractivity (Wildman–Crippen MR) is 57.4 cm³/mol. The smallest absolute Gasteiger partial charge is 0.157 e. The molecule has 0 amide bonds. The molecular weight excluding hydrogens is 198 g/mol. The van der Waals surface area contributed by atoms with Crippen molar-refractivity contribution >= 4 is 17.4 Å². The van der Waals surface area contributed by atoms with Gasteiger partial charge in [-0.3, -0.25) is 4.79 Å². The molecule has 0 heterocycles. The maximum absolute atomic E-state index is 11.2. The number of carbonyl (C=O) groups excluding carboxylic acids is 1. The Labute approximate surface area is 89.7 Å². The number of hydrogen-bond acceptors (Lipinski definition) is 2. The summed E-state index contributed by atoms with van der Waals surface area (Å²) in [5, 5.41) is 3.65. The third-order valence-electron chi connectivity index (χ3n) is 3.01. The number of alkyl halides is 1. The van der Waals surface area contributed by atoms with Crippen molar-refractivity contribution in [3.8, 4) is 0 Å². The topological polar surface area (TPSA) is 29.1 Å². The summed E-state index contributed by atoms with van der Waals surface area (Å²) in [7, 11) is 0. The van der Waals surface area contributed by atoms with Gasteiger partial charge in [0.1, 0.15) is 0 Å². The molecule has 78 valence electrons. The number of allylic oxidation sites excluding steroid dienone is 2. The van der Waals surface area contributed by atoms with Crippen molar-refractivity contribution in [1.82, 2.24) is 5.32 Å². The van der Waals surface area contributed by atoms with Crippen molar-refractivity contribution in [2.45, 2.75) is 49.9 Å². The molecule has 0 aliphatic heterocycles. The summed E-state index contributed by atoms with van der Waals surface area (Å²) in [6, 6.07) is 0.383. The van der Waals surface area contributed by atoms with E-state index in [4.69, 9.17) is 11.6 Å². The van der Waals surface area contributed by atoms with Crippen molar-refractivity contribution in [2.24, 2.45) is 0 Å². The molecule has 0 saturated heterocycles. The van der Waals surface area contributed by atoms with Crippen LogP contribution in [0.3, 0.4) is 0 Å². The van der Waals surface area contributed by atoms with Gasteiger partial charge in [0.25, 0.3) is 0 Å². The first kappa shape index (κ1) is 10.0. The molecule has 0 aromatic carbocycles. The van der Waals surface area contributed by atoms with Gasteiger partial charge in [-0.2, -0.15) is 0 Å². The highest BCUT2D eigenvalue weighted by Crippen LogP contribution is 2.26. The van der Waals surface area contributed by atoms with E-state index in [-0.39, 0.29) is 11.2 Å². The molecule has 0 unspecified atom stereocenters. The van der Waals surface area contributed by atoms with Crippen LogP contribution in [0.2, 0.25) is 0 Å². The Morgan fingerprint density at radius 2 is 2.14 bits per heavy atom. The maximum Gasteiger partial charge on any atom is 0.157 e. The summed E-state index contributed by atoms with van der Waals surface area (Å²) in [5.41, 5.74) is 1.10. The molecule has 0 radical (unpaired) electrons. The summed E-state index contributed by atoms with van der Waals surface area (Å²) in [4.78, 5) is 11.2. The highest BCUT2D eigenvalue weighted by molar-refractivity contribution is 6.21. The molecule has 2 aliphatic carbocycles. The summed E-state index contributed by atoms with van der Waals surface area (Å²) in [5.74, 6) is 0.253. The lowest BCUT2D eigenvalue weighted by Crippen LogP contribution is -2.33. The lowest BCUT2D eigenvalue weighted by atomic mass is 10.0. The van der Waals surface area contributed by atoms with Crippen molar-refractivity contribution < 1.29 is 4.79 Å². The van der Waals surface area contributed by atoms with E-state index < -0.39 is 0 Å². The van der Waals surface area contributed by atoms with E-state index in [1.165, 1.54) is 6.42 Å². The number of rotatable bonds is 2. The van der Waals surface area contributed by atoms with Gasteiger partial charge >= 0.3 is 0 Å². The number of carbonyl (C=O) groups is 1. The van der Waals surface area contributed by atoms with Crippen LogP contribution < -0.4 is 5.32 Å². The van der Waals surface area contributed by atoms with Crippen molar-refractivity contribution in [3.63, 3.8) is 0 Å². The minimum atomic E-state index is 0.243. The van der Waals surface area contributed by atoms with Gasteiger partial charge in [0.15, 0.2) is 5.78 Å². The van der Waals surface area contributed by atoms with Crippen molar-refractivity contribution in [2.75, 3.05) is 0 Å². The number of nitrogens with one attached hydrogen (secondary N) is 1. The molecule has 14 heavy (non-hydrogen) atoms. The van der Waals surface area contributed by atoms with E-state index >= 15 is 0 Å². The van der Waals surface area contributed by atoms with Crippen LogP contribution in [-0.4, -0.2) is 17.2 Å². The van der Waals surface area contributed by atoms with Crippen molar-refractivity contribution in [1.29, 1.82) is 0 Å². The van der Waals surface area contributed by atoms with Gasteiger partial charge in [-0.15, -0.1) is 11.6 Å². The predicted octanol–water partition coefficient (Wildman–Crippen LogP) is 2.37. The first-order valence-corrected chi connectivity index (χ1v) is 5.83. The number of halogens is 1. The SMILES string of the molecule is O=C1C=C(N[C@@H]2CCC[C@H]2Cl)CCC1. The molecule has 1 N–H and O–H groups in total. The van der Waals surface area contributed by atoms with E-state index in [1.54, 1.807) is 6.08 Å². The molecule has 2 rings (SSSR count). The zero-order chi connectivity index (χ0) is 9.97. The quantitative estimate of drug-likeness (QED) is 0.714. The summed E-state index contributed by atoms with van der Waals surface area (Å²) >= 11 is 6.16. The van der Waals surface area contributed by atoms with E-state index in [0.717, 1.165) is 31.4 Å². The molecule has 2 nitrogen and oxygen atoms in total. The van der Waals surface area contributed by atoms with Crippen LogP contribution in [0, 0.1) is 0 Å². The molecule has 1 saturated carbocycles. The van der Waals surface area contributed by atoms with Gasteiger partial charge in [0.2, 0.25) is 0 Å². The summed E-state index contributed by atoms with van der Waals surface area (Å²) in [6.07, 6.45) is 7.89. The standard InChI is InChI=1S/C11H16ClNO/c12-10-5-2-6-11(10)13-8-3-1-4-9(14)7-8/h7,10-11,13H,1-6H2/t10-,11-/m1/s1. The third kappa shape index (κ3) is 2.30. The van der Waals surface area contributed by atoms with Crippen LogP contribution in [-0.2, 0) is 4.79 Å². The maximum atomic E-state index is 11.2. The van der Waals surface area contributed by atoms with Crippen LogP contribution >= 0.6 is 11.6 Å². The van der Waals surface area contributed by atoms with Crippen LogP contribution in [0.5, 0.6) is 0 Å². The van der Waals surface area contributed by atoms with Gasteiger partial charge in [-0.25, -0.2) is 0 Å². The van der Waals surface area contributed by atoms with E-state index in [0.29, 0.717) is 12.5 Å². The highest BCUT2D eigenvalue weighted by Gasteiger charge is 2.26. The van der Waals surface area contributed by atoms with Crippen LogP contribution in [0.4, 0.5) is 0 Å². The molecular formula is C11H16ClNO. The van der Waals surface area contributed by atoms with Gasteiger partial charge < -0.3 is 5.32 Å². The van der Waals surface area contributed by atoms with Crippen LogP contribution in [0.1, 0.15) is 38.5 Å². The molecule has 0 aromatic rings. The molecule has 3 heteroatoms. The second-order valence-corrected chi connectivity index (χ2v) is 4.75. The molecule has 0 bridgehead atoms. The normalized spacial score (nSPS) is 32.9. The number of ketones is 1. The first-order valence-electron chi connectivity index (χ1n) is 5.40. The van der Waals surface area contributed by atoms with Crippen molar-refractivity contribution in [3.05, 3.63) is 11.8 Å². The monoisotopic (exact) mass is 213 g/mol. The Balaban J connectivity index is 1.93. The van der Waals surface area contributed by atoms with E-state index in [1.807, 2.05) is 0 Å². The average molecular weight is 214 g/mol. The zero-order valence-corrected chi connectivity index (χ0v) is 9.02. The molecule has 0 spiro atoms. The Bertz CT molecular complexity index is 262. The molecule has 2 aliphatic rings. The fourth-order valence-electron chi connectivity index (χ4n) is 2.22. The molecule has 1 fully saturated rings. The first-order chi connectivity index (χ1) is 6.75. The summed E-state index contributed by atoms with van der Waals surface area (Å²) in [6.45, 7) is 0. The fraction of sp³-hybridized carbons (Fsp3) is 0.727. The van der Waals surface area contributed by atoms with Crippen LogP contribution in [0.15, 0.2) is 11.8 Å². The van der Waals surface area contributed by atoms with Crippen LogP contribution in [0.25, 0.3) is 0 Å². The zero-order valence-electron chi connectivity index (χ0n) is 8.26. The fourth-order valence-corrected chi connectivity index (χ4v) is 2.56. The Morgan fingerprint density at radius 1 is 1.29 bits per heavy atom. The lowest BCUT2D eigenvalue weighted by molar-refractivity contribution is -0.115. The van der Waals surface area contributed by atoms with E-state index in [9.17, 15) is 4.79 Å².